The maximum absolute atomic E-state index is 5.96. The summed E-state index contributed by atoms with van der Waals surface area (Å²) in [7, 11) is 0. The molecule has 0 amide bonds. The van der Waals surface area contributed by atoms with Crippen LogP contribution in [0.3, 0.4) is 0 Å². The number of nitrogens with two attached hydrogens (primary N) is 1. The first kappa shape index (κ1) is 10.8. The summed E-state index contributed by atoms with van der Waals surface area (Å²) in [6, 6.07) is 1.29. The van der Waals surface area contributed by atoms with E-state index in [-0.39, 0.29) is 0 Å². The predicted octanol–water partition coefficient (Wildman–Crippen LogP) is 1.69. The van der Waals surface area contributed by atoms with Gasteiger partial charge in [0.25, 0.3) is 0 Å². The smallest absolute Gasteiger partial charge is 0.0215 e. The van der Waals surface area contributed by atoms with Gasteiger partial charge in [-0.1, -0.05) is 13.3 Å². The fourth-order valence-electron chi connectivity index (χ4n) is 2.85. The molecule has 0 bridgehead atoms. The largest absolute Gasteiger partial charge is 0.326 e. The Kier molecular flexibility index (Phi) is 3.74. The van der Waals surface area contributed by atoms with Crippen LogP contribution < -0.4 is 5.73 Å². The zero-order valence-electron chi connectivity index (χ0n) is 9.11. The van der Waals surface area contributed by atoms with E-state index in [4.69, 9.17) is 5.73 Å². The highest BCUT2D eigenvalue weighted by molar-refractivity contribution is 7.99. The maximum Gasteiger partial charge on any atom is 0.0215 e. The van der Waals surface area contributed by atoms with Crippen LogP contribution in [0.5, 0.6) is 0 Å². The summed E-state index contributed by atoms with van der Waals surface area (Å²) < 4.78 is 0. The van der Waals surface area contributed by atoms with Gasteiger partial charge in [-0.3, -0.25) is 4.90 Å². The molecule has 3 unspecified atom stereocenters. The van der Waals surface area contributed by atoms with Crippen molar-refractivity contribution in [3.63, 3.8) is 0 Å². The van der Waals surface area contributed by atoms with Crippen molar-refractivity contribution in [3.05, 3.63) is 0 Å². The van der Waals surface area contributed by atoms with Gasteiger partial charge in [0.1, 0.15) is 0 Å². The van der Waals surface area contributed by atoms with Crippen molar-refractivity contribution in [2.75, 3.05) is 18.8 Å². The monoisotopic (exact) mass is 214 g/mol. The maximum atomic E-state index is 5.96. The molecule has 0 aromatic rings. The lowest BCUT2D eigenvalue weighted by Gasteiger charge is -2.28. The molecule has 0 aromatic carbocycles. The molecule has 0 aromatic heterocycles. The van der Waals surface area contributed by atoms with Crippen LogP contribution in [0.25, 0.3) is 0 Å². The Hall–Kier alpha value is 0.270. The normalized spacial score (nSPS) is 39.4. The highest BCUT2D eigenvalue weighted by atomic mass is 32.2. The van der Waals surface area contributed by atoms with Crippen LogP contribution in [-0.2, 0) is 0 Å². The Morgan fingerprint density at radius 1 is 1.36 bits per heavy atom. The second-order valence-electron chi connectivity index (χ2n) is 4.54. The lowest BCUT2D eigenvalue weighted by atomic mass is 10.2. The molecule has 1 aliphatic heterocycles. The van der Waals surface area contributed by atoms with Gasteiger partial charge in [0, 0.05) is 30.4 Å². The second kappa shape index (κ2) is 4.86. The Morgan fingerprint density at radius 3 is 2.86 bits per heavy atom. The van der Waals surface area contributed by atoms with Crippen LogP contribution >= 0.6 is 11.8 Å². The minimum atomic E-state index is 0.447. The quantitative estimate of drug-likeness (QED) is 0.775. The molecule has 2 N–H and O–H groups in total. The van der Waals surface area contributed by atoms with E-state index in [1.165, 1.54) is 38.0 Å². The lowest BCUT2D eigenvalue weighted by Crippen LogP contribution is -2.39. The van der Waals surface area contributed by atoms with Gasteiger partial charge in [-0.05, 0) is 25.0 Å². The van der Waals surface area contributed by atoms with E-state index in [0.717, 1.165) is 17.8 Å². The van der Waals surface area contributed by atoms with Gasteiger partial charge in [0.15, 0.2) is 0 Å². The van der Waals surface area contributed by atoms with Gasteiger partial charge in [-0.25, -0.2) is 0 Å². The van der Waals surface area contributed by atoms with Gasteiger partial charge in [0.05, 0.1) is 0 Å². The van der Waals surface area contributed by atoms with Crippen molar-refractivity contribution < 1.29 is 0 Å². The molecule has 0 spiro atoms. The van der Waals surface area contributed by atoms with Crippen LogP contribution in [-0.4, -0.2) is 41.1 Å². The molecule has 3 heteroatoms. The van der Waals surface area contributed by atoms with Crippen molar-refractivity contribution in [1.82, 2.24) is 4.90 Å². The predicted molar refractivity (Wildman–Crippen MR) is 63.7 cm³/mol. The van der Waals surface area contributed by atoms with Crippen molar-refractivity contribution in [3.8, 4) is 0 Å². The average molecular weight is 214 g/mol. The summed E-state index contributed by atoms with van der Waals surface area (Å²) in [5, 5.41) is 0.894. The molecule has 2 nitrogen and oxygen atoms in total. The number of hydrogen-bond acceptors (Lipinski definition) is 3. The van der Waals surface area contributed by atoms with Crippen LogP contribution in [0.1, 0.15) is 32.6 Å². The molecule has 0 radical (unpaired) electrons. The third kappa shape index (κ3) is 2.26. The lowest BCUT2D eigenvalue weighted by molar-refractivity contribution is 0.248. The Balaban J connectivity index is 1.89. The molecule has 1 aliphatic carbocycles. The highest BCUT2D eigenvalue weighted by Gasteiger charge is 2.34. The van der Waals surface area contributed by atoms with E-state index in [9.17, 15) is 0 Å². The van der Waals surface area contributed by atoms with Gasteiger partial charge in [0.2, 0.25) is 0 Å². The van der Waals surface area contributed by atoms with Crippen LogP contribution in [0.4, 0.5) is 0 Å². The van der Waals surface area contributed by atoms with Gasteiger partial charge < -0.3 is 5.73 Å². The van der Waals surface area contributed by atoms with Crippen molar-refractivity contribution in [2.45, 2.75) is 49.9 Å². The Bertz CT molecular complexity index is 186. The molecule has 1 saturated carbocycles. The van der Waals surface area contributed by atoms with Gasteiger partial charge >= 0.3 is 0 Å². The van der Waals surface area contributed by atoms with E-state index in [2.05, 4.69) is 23.6 Å². The molecule has 2 aliphatic rings. The number of nitrogens with zero attached hydrogens (tertiary/aromatic N) is 1. The minimum absolute atomic E-state index is 0.447. The Labute approximate surface area is 91.6 Å². The van der Waals surface area contributed by atoms with Crippen LogP contribution in [0.15, 0.2) is 0 Å². The second-order valence-corrected chi connectivity index (χ2v) is 6.05. The van der Waals surface area contributed by atoms with Crippen LogP contribution in [0.2, 0.25) is 0 Å². The van der Waals surface area contributed by atoms with E-state index >= 15 is 0 Å². The molecule has 2 rings (SSSR count). The number of hydrogen-bond donors (Lipinski definition) is 1. The zero-order chi connectivity index (χ0) is 9.97. The van der Waals surface area contributed by atoms with Crippen molar-refractivity contribution >= 4 is 11.8 Å². The van der Waals surface area contributed by atoms with Gasteiger partial charge in [-0.2, -0.15) is 11.8 Å². The summed E-state index contributed by atoms with van der Waals surface area (Å²) in [4.78, 5) is 2.64. The number of rotatable bonds is 3. The van der Waals surface area contributed by atoms with Crippen LogP contribution in [0, 0.1) is 0 Å². The molecule has 1 heterocycles. The first-order valence-corrected chi connectivity index (χ1v) is 6.97. The SMILES string of the molecule is CCSC1CCCC1N1CCC(N)C1. The summed E-state index contributed by atoms with van der Waals surface area (Å²) in [6.45, 7) is 4.66. The summed E-state index contributed by atoms with van der Waals surface area (Å²) in [5.41, 5.74) is 5.96. The molecule has 2 fully saturated rings. The standard InChI is InChI=1S/C11H22N2S/c1-2-14-11-5-3-4-10(11)13-7-6-9(12)8-13/h9-11H,2-8,12H2,1H3. The summed E-state index contributed by atoms with van der Waals surface area (Å²) in [6.07, 6.45) is 5.47. The average Bonchev–Trinajstić information content (AvgIpc) is 2.74. The minimum Gasteiger partial charge on any atom is -0.326 e. The van der Waals surface area contributed by atoms with E-state index in [1.54, 1.807) is 0 Å². The number of thioether (sulfide) groups is 1. The molecule has 1 saturated heterocycles. The fraction of sp³-hybridized carbons (Fsp3) is 1.00. The summed E-state index contributed by atoms with van der Waals surface area (Å²) >= 11 is 2.15. The summed E-state index contributed by atoms with van der Waals surface area (Å²) in [5.74, 6) is 1.26. The molecule has 3 atom stereocenters. The molecule has 14 heavy (non-hydrogen) atoms. The third-order valence-corrected chi connectivity index (χ3v) is 4.83. The third-order valence-electron chi connectivity index (χ3n) is 3.52. The molecular formula is C11H22N2S. The zero-order valence-corrected chi connectivity index (χ0v) is 9.93. The first-order valence-electron chi connectivity index (χ1n) is 5.92. The Morgan fingerprint density at radius 2 is 2.21 bits per heavy atom. The fourth-order valence-corrected chi connectivity index (χ4v) is 4.14. The van der Waals surface area contributed by atoms with Crippen molar-refractivity contribution in [1.29, 1.82) is 0 Å². The van der Waals surface area contributed by atoms with Gasteiger partial charge in [-0.15, -0.1) is 0 Å². The van der Waals surface area contributed by atoms with E-state index < -0.39 is 0 Å². The van der Waals surface area contributed by atoms with Crippen molar-refractivity contribution in [2.24, 2.45) is 5.73 Å². The first-order chi connectivity index (χ1) is 6.81. The number of likely N-dealkylation sites (tertiary alicyclic amines) is 1. The van der Waals surface area contributed by atoms with E-state index in [0.29, 0.717) is 6.04 Å². The molecule has 82 valence electrons. The topological polar surface area (TPSA) is 29.3 Å². The highest BCUT2D eigenvalue weighted by Crippen LogP contribution is 2.34. The molecular weight excluding hydrogens is 192 g/mol. The van der Waals surface area contributed by atoms with E-state index in [1.807, 2.05) is 0 Å².